The molecular formula is C14H17N5O2. The van der Waals surface area contributed by atoms with Crippen molar-refractivity contribution in [2.75, 3.05) is 13.1 Å². The first kappa shape index (κ1) is 13.4. The molecule has 0 saturated carbocycles. The first-order valence-electron chi connectivity index (χ1n) is 6.92. The number of carbonyl (C=O) groups is 2. The van der Waals surface area contributed by atoms with Crippen molar-refractivity contribution < 1.29 is 9.59 Å². The van der Waals surface area contributed by atoms with E-state index in [1.54, 1.807) is 11.1 Å². The molecule has 1 atom stereocenters. The maximum atomic E-state index is 12.5. The minimum atomic E-state index is -0.542. The number of aromatic amines is 2. The van der Waals surface area contributed by atoms with Gasteiger partial charge >= 0.3 is 0 Å². The van der Waals surface area contributed by atoms with Crippen LogP contribution < -0.4 is 5.73 Å². The zero-order chi connectivity index (χ0) is 14.8. The van der Waals surface area contributed by atoms with Gasteiger partial charge in [-0.2, -0.15) is 5.10 Å². The molecule has 2 amide bonds. The molecule has 1 saturated heterocycles. The third kappa shape index (κ3) is 2.67. The second-order valence-electron chi connectivity index (χ2n) is 5.27. The van der Waals surface area contributed by atoms with Crippen LogP contribution in [0.1, 0.15) is 45.3 Å². The number of likely N-dealkylation sites (tertiary alicyclic amines) is 1. The highest BCUT2D eigenvalue weighted by Gasteiger charge is 2.27. The van der Waals surface area contributed by atoms with E-state index >= 15 is 0 Å². The SMILES string of the molecule is NC(=O)c1c[nH]c(C(=O)N2CCCC(c3ccn[nH]3)C2)c1. The van der Waals surface area contributed by atoms with E-state index in [9.17, 15) is 9.59 Å². The van der Waals surface area contributed by atoms with Crippen molar-refractivity contribution in [3.05, 3.63) is 41.5 Å². The maximum Gasteiger partial charge on any atom is 0.270 e. The van der Waals surface area contributed by atoms with E-state index < -0.39 is 5.91 Å². The molecule has 110 valence electrons. The molecular weight excluding hydrogens is 270 g/mol. The number of H-pyrrole nitrogens is 2. The van der Waals surface area contributed by atoms with Gasteiger partial charge in [0.25, 0.3) is 5.91 Å². The summed E-state index contributed by atoms with van der Waals surface area (Å²) >= 11 is 0. The standard InChI is InChI=1S/C14H17N5O2/c15-13(20)10-6-12(16-7-10)14(21)19-5-1-2-9(8-19)11-3-4-17-18-11/h3-4,6-7,9,16H,1-2,5,8H2,(H2,15,20)(H,17,18). The van der Waals surface area contributed by atoms with Crippen LogP contribution in [0.15, 0.2) is 24.5 Å². The molecule has 1 fully saturated rings. The van der Waals surface area contributed by atoms with Gasteiger partial charge in [-0.25, -0.2) is 0 Å². The largest absolute Gasteiger partial charge is 0.366 e. The third-order valence-corrected chi connectivity index (χ3v) is 3.87. The van der Waals surface area contributed by atoms with Gasteiger partial charge in [-0.05, 0) is 25.0 Å². The lowest BCUT2D eigenvalue weighted by atomic mass is 9.95. The van der Waals surface area contributed by atoms with Crippen LogP contribution in [0.25, 0.3) is 0 Å². The van der Waals surface area contributed by atoms with Crippen molar-refractivity contribution >= 4 is 11.8 Å². The lowest BCUT2D eigenvalue weighted by molar-refractivity contribution is 0.0700. The molecule has 0 radical (unpaired) electrons. The molecule has 7 heteroatoms. The van der Waals surface area contributed by atoms with Crippen LogP contribution in [-0.4, -0.2) is 45.0 Å². The van der Waals surface area contributed by atoms with E-state index in [0.29, 0.717) is 24.3 Å². The summed E-state index contributed by atoms with van der Waals surface area (Å²) in [4.78, 5) is 28.2. The van der Waals surface area contributed by atoms with E-state index in [4.69, 9.17) is 5.73 Å². The van der Waals surface area contributed by atoms with Gasteiger partial charge < -0.3 is 15.6 Å². The van der Waals surface area contributed by atoms with Crippen molar-refractivity contribution in [3.63, 3.8) is 0 Å². The number of aromatic nitrogens is 3. The van der Waals surface area contributed by atoms with Crippen LogP contribution in [0, 0.1) is 0 Å². The Hall–Kier alpha value is -2.57. The van der Waals surface area contributed by atoms with Crippen LogP contribution in [0.2, 0.25) is 0 Å². The van der Waals surface area contributed by atoms with Gasteiger partial charge in [0.2, 0.25) is 5.91 Å². The fourth-order valence-electron chi connectivity index (χ4n) is 2.74. The number of piperidine rings is 1. The monoisotopic (exact) mass is 287 g/mol. The number of carbonyl (C=O) groups excluding carboxylic acids is 2. The van der Waals surface area contributed by atoms with Crippen LogP contribution in [0.4, 0.5) is 0 Å². The minimum absolute atomic E-state index is 0.105. The summed E-state index contributed by atoms with van der Waals surface area (Å²) < 4.78 is 0. The van der Waals surface area contributed by atoms with Crippen LogP contribution in [0.5, 0.6) is 0 Å². The van der Waals surface area contributed by atoms with Gasteiger partial charge in [0.05, 0.1) is 5.56 Å². The normalized spacial score (nSPS) is 18.7. The lowest BCUT2D eigenvalue weighted by Crippen LogP contribution is -2.39. The summed E-state index contributed by atoms with van der Waals surface area (Å²) in [5.41, 5.74) is 6.97. The highest BCUT2D eigenvalue weighted by atomic mass is 16.2. The summed E-state index contributed by atoms with van der Waals surface area (Å²) in [6.07, 6.45) is 5.16. The molecule has 2 aromatic rings. The van der Waals surface area contributed by atoms with Gasteiger partial charge in [0, 0.05) is 37.1 Å². The molecule has 0 bridgehead atoms. The molecule has 1 aliphatic heterocycles. The molecule has 3 rings (SSSR count). The topological polar surface area (TPSA) is 108 Å². The average Bonchev–Trinajstić information content (AvgIpc) is 3.18. The first-order valence-corrected chi connectivity index (χ1v) is 6.92. The molecule has 1 unspecified atom stereocenters. The maximum absolute atomic E-state index is 12.5. The number of nitrogens with one attached hydrogen (secondary N) is 2. The molecule has 0 aromatic carbocycles. The summed E-state index contributed by atoms with van der Waals surface area (Å²) in [5, 5.41) is 6.93. The minimum Gasteiger partial charge on any atom is -0.366 e. The molecule has 0 aliphatic carbocycles. The molecule has 0 spiro atoms. The second kappa shape index (κ2) is 5.43. The summed E-state index contributed by atoms with van der Waals surface area (Å²) in [6, 6.07) is 3.45. The first-order chi connectivity index (χ1) is 10.1. The van der Waals surface area contributed by atoms with E-state index in [-0.39, 0.29) is 11.8 Å². The van der Waals surface area contributed by atoms with E-state index in [0.717, 1.165) is 18.5 Å². The van der Waals surface area contributed by atoms with Crippen molar-refractivity contribution in [1.82, 2.24) is 20.1 Å². The Kier molecular flexibility index (Phi) is 3.47. The predicted octanol–water partition coefficient (Wildman–Crippen LogP) is 0.856. The van der Waals surface area contributed by atoms with E-state index in [1.165, 1.54) is 12.3 Å². The smallest absolute Gasteiger partial charge is 0.270 e. The Morgan fingerprint density at radius 2 is 2.29 bits per heavy atom. The molecule has 2 aromatic heterocycles. The molecule has 1 aliphatic rings. The Balaban J connectivity index is 1.73. The molecule has 4 N–H and O–H groups in total. The predicted molar refractivity (Wildman–Crippen MR) is 75.8 cm³/mol. The summed E-state index contributed by atoms with van der Waals surface area (Å²) in [7, 11) is 0. The quantitative estimate of drug-likeness (QED) is 0.779. The van der Waals surface area contributed by atoms with Crippen molar-refractivity contribution in [3.8, 4) is 0 Å². The number of amides is 2. The van der Waals surface area contributed by atoms with E-state index in [1.807, 2.05) is 6.07 Å². The Labute approximate surface area is 121 Å². The van der Waals surface area contributed by atoms with E-state index in [2.05, 4.69) is 15.2 Å². The number of nitrogens with two attached hydrogens (primary N) is 1. The van der Waals surface area contributed by atoms with Crippen molar-refractivity contribution in [2.45, 2.75) is 18.8 Å². The third-order valence-electron chi connectivity index (χ3n) is 3.87. The zero-order valence-corrected chi connectivity index (χ0v) is 11.5. The number of hydrogen-bond donors (Lipinski definition) is 3. The Morgan fingerprint density at radius 1 is 1.43 bits per heavy atom. The molecule has 7 nitrogen and oxygen atoms in total. The Morgan fingerprint density at radius 3 is 2.95 bits per heavy atom. The fourth-order valence-corrected chi connectivity index (χ4v) is 2.74. The number of rotatable bonds is 3. The highest BCUT2D eigenvalue weighted by molar-refractivity contribution is 5.98. The zero-order valence-electron chi connectivity index (χ0n) is 11.5. The average molecular weight is 287 g/mol. The van der Waals surface area contributed by atoms with Gasteiger partial charge in [-0.15, -0.1) is 0 Å². The lowest BCUT2D eigenvalue weighted by Gasteiger charge is -2.32. The molecule has 21 heavy (non-hydrogen) atoms. The van der Waals surface area contributed by atoms with Gasteiger partial charge in [-0.3, -0.25) is 14.7 Å². The van der Waals surface area contributed by atoms with Gasteiger partial charge in [0.1, 0.15) is 5.69 Å². The van der Waals surface area contributed by atoms with Gasteiger partial charge in [0.15, 0.2) is 0 Å². The van der Waals surface area contributed by atoms with Crippen LogP contribution in [-0.2, 0) is 0 Å². The fraction of sp³-hybridized carbons (Fsp3) is 0.357. The number of hydrogen-bond acceptors (Lipinski definition) is 3. The van der Waals surface area contributed by atoms with Crippen LogP contribution in [0.3, 0.4) is 0 Å². The second-order valence-corrected chi connectivity index (χ2v) is 5.27. The van der Waals surface area contributed by atoms with Crippen molar-refractivity contribution in [2.24, 2.45) is 5.73 Å². The summed E-state index contributed by atoms with van der Waals surface area (Å²) in [6.45, 7) is 1.36. The Bertz CT molecular complexity index is 646. The number of primary amides is 1. The van der Waals surface area contributed by atoms with Crippen molar-refractivity contribution in [1.29, 1.82) is 0 Å². The number of nitrogens with zero attached hydrogens (tertiary/aromatic N) is 2. The highest BCUT2D eigenvalue weighted by Crippen LogP contribution is 2.26. The summed E-state index contributed by atoms with van der Waals surface area (Å²) in [5.74, 6) is -0.373. The molecule has 3 heterocycles. The van der Waals surface area contributed by atoms with Gasteiger partial charge in [-0.1, -0.05) is 0 Å². The van der Waals surface area contributed by atoms with Crippen LogP contribution >= 0.6 is 0 Å².